The lowest BCUT2D eigenvalue weighted by atomic mass is 10.1. The van der Waals surface area contributed by atoms with Crippen molar-refractivity contribution in [1.82, 2.24) is 0 Å². The summed E-state index contributed by atoms with van der Waals surface area (Å²) in [5.41, 5.74) is 6.87. The third-order valence-electron chi connectivity index (χ3n) is 4.31. The highest BCUT2D eigenvalue weighted by molar-refractivity contribution is 7.99. The topological polar surface area (TPSA) is 134 Å². The average Bonchev–Trinajstić information content (AvgIpc) is 3.12. The highest BCUT2D eigenvalue weighted by atomic mass is 32.2. The molecule has 0 atom stereocenters. The minimum absolute atomic E-state index is 0.00344. The summed E-state index contributed by atoms with van der Waals surface area (Å²) in [5, 5.41) is 2.60. The minimum atomic E-state index is -0.733. The van der Waals surface area contributed by atoms with E-state index in [9.17, 15) is 19.2 Å². The van der Waals surface area contributed by atoms with Gasteiger partial charge >= 0.3 is 11.9 Å². The van der Waals surface area contributed by atoms with Crippen molar-refractivity contribution in [3.05, 3.63) is 51.9 Å². The molecule has 0 fully saturated rings. The van der Waals surface area contributed by atoms with Crippen LogP contribution in [0.5, 0.6) is 0 Å². The van der Waals surface area contributed by atoms with Gasteiger partial charge < -0.3 is 25.3 Å². The Bertz CT molecular complexity index is 977. The molecule has 0 unspecified atom stereocenters. The number of esters is 2. The third kappa shape index (κ3) is 8.52. The monoisotopic (exact) mass is 494 g/mol. The Balaban J connectivity index is 1.86. The Morgan fingerprint density at radius 2 is 1.82 bits per heavy atom. The summed E-state index contributed by atoms with van der Waals surface area (Å²) < 4.78 is 14.9. The maximum atomic E-state index is 12.4. The predicted molar refractivity (Wildman–Crippen MR) is 127 cm³/mol. The lowest BCUT2D eigenvalue weighted by molar-refractivity contribution is -0.144. The standard InChI is InChI=1S/C22H26N2O7S2/c1-14-18(22(28)30-10-9-29-2)21(33-19(14)20(23)27)24-16(25)12-31-17(26)13-32-11-8-15-6-4-3-5-7-15/h3-7H,8-13H2,1-2H3,(H2,23,27)(H,24,25). The maximum Gasteiger partial charge on any atom is 0.341 e. The summed E-state index contributed by atoms with van der Waals surface area (Å²) in [4.78, 5) is 48.4. The average molecular weight is 495 g/mol. The Morgan fingerprint density at radius 3 is 2.48 bits per heavy atom. The first-order chi connectivity index (χ1) is 15.8. The van der Waals surface area contributed by atoms with E-state index in [0.717, 1.165) is 23.5 Å². The van der Waals surface area contributed by atoms with E-state index in [1.54, 1.807) is 0 Å². The lowest BCUT2D eigenvalue weighted by Crippen LogP contribution is -2.22. The molecule has 2 aromatic rings. The van der Waals surface area contributed by atoms with Gasteiger partial charge in [0.2, 0.25) is 0 Å². The lowest BCUT2D eigenvalue weighted by Gasteiger charge is -2.08. The van der Waals surface area contributed by atoms with Gasteiger partial charge in [-0.2, -0.15) is 0 Å². The number of carbonyl (C=O) groups is 4. The number of benzene rings is 1. The Kier molecular flexibility index (Phi) is 10.9. The molecule has 3 N–H and O–H groups in total. The van der Waals surface area contributed by atoms with Crippen molar-refractivity contribution < 1.29 is 33.4 Å². The second-order valence-electron chi connectivity index (χ2n) is 6.75. The molecule has 11 heteroatoms. The van der Waals surface area contributed by atoms with Gasteiger partial charge in [0.05, 0.1) is 22.8 Å². The predicted octanol–water partition coefficient (Wildman–Crippen LogP) is 2.42. The van der Waals surface area contributed by atoms with Crippen LogP contribution >= 0.6 is 23.1 Å². The fourth-order valence-corrected chi connectivity index (χ4v) is 4.55. The number of anilines is 1. The van der Waals surface area contributed by atoms with Gasteiger partial charge in [-0.25, -0.2) is 4.79 Å². The fourth-order valence-electron chi connectivity index (χ4n) is 2.71. The van der Waals surface area contributed by atoms with Crippen LogP contribution in [0.2, 0.25) is 0 Å². The zero-order valence-corrected chi connectivity index (χ0v) is 20.0. The van der Waals surface area contributed by atoms with Crippen LogP contribution in [-0.4, -0.2) is 62.2 Å². The number of hydrogen-bond acceptors (Lipinski definition) is 9. The van der Waals surface area contributed by atoms with Gasteiger partial charge in [0.15, 0.2) is 6.61 Å². The molecule has 33 heavy (non-hydrogen) atoms. The van der Waals surface area contributed by atoms with Gasteiger partial charge in [0.1, 0.15) is 11.6 Å². The van der Waals surface area contributed by atoms with E-state index in [1.807, 2.05) is 30.3 Å². The van der Waals surface area contributed by atoms with E-state index in [0.29, 0.717) is 5.56 Å². The number of amides is 2. The molecular weight excluding hydrogens is 468 g/mol. The van der Waals surface area contributed by atoms with Gasteiger partial charge in [0.25, 0.3) is 11.8 Å². The number of thiophene rings is 1. The second kappa shape index (κ2) is 13.6. The van der Waals surface area contributed by atoms with Crippen LogP contribution in [0.15, 0.2) is 30.3 Å². The smallest absolute Gasteiger partial charge is 0.341 e. The number of nitrogens with two attached hydrogens (primary N) is 1. The van der Waals surface area contributed by atoms with Crippen molar-refractivity contribution >= 4 is 51.9 Å². The van der Waals surface area contributed by atoms with Crippen LogP contribution in [0.3, 0.4) is 0 Å². The molecule has 2 rings (SSSR count). The number of ether oxygens (including phenoxy) is 3. The van der Waals surface area contributed by atoms with Gasteiger partial charge in [-0.15, -0.1) is 23.1 Å². The van der Waals surface area contributed by atoms with Crippen LogP contribution in [0.1, 0.15) is 31.2 Å². The first-order valence-corrected chi connectivity index (χ1v) is 12.0. The third-order valence-corrected chi connectivity index (χ3v) is 6.46. The van der Waals surface area contributed by atoms with E-state index in [1.165, 1.54) is 31.4 Å². The van der Waals surface area contributed by atoms with Crippen molar-refractivity contribution in [2.24, 2.45) is 5.73 Å². The molecule has 0 radical (unpaired) electrons. The molecular formula is C22H26N2O7S2. The molecule has 1 aromatic carbocycles. The first-order valence-electron chi connectivity index (χ1n) is 9.99. The molecule has 2 amide bonds. The molecule has 1 aromatic heterocycles. The van der Waals surface area contributed by atoms with Gasteiger partial charge in [-0.3, -0.25) is 14.4 Å². The van der Waals surface area contributed by atoms with E-state index in [-0.39, 0.29) is 34.4 Å². The number of rotatable bonds is 13. The summed E-state index contributed by atoms with van der Waals surface area (Å²) >= 11 is 2.27. The molecule has 1 heterocycles. The molecule has 178 valence electrons. The maximum absolute atomic E-state index is 12.4. The van der Waals surface area contributed by atoms with Crippen molar-refractivity contribution in [3.8, 4) is 0 Å². The van der Waals surface area contributed by atoms with Crippen LogP contribution in [0.4, 0.5) is 5.00 Å². The summed E-state index contributed by atoms with van der Waals surface area (Å²) in [6.45, 7) is 1.20. The number of thioether (sulfide) groups is 1. The molecule has 0 spiro atoms. The Morgan fingerprint density at radius 1 is 1.09 bits per heavy atom. The van der Waals surface area contributed by atoms with Gasteiger partial charge in [0, 0.05) is 7.11 Å². The molecule has 0 aliphatic rings. The number of methoxy groups -OCH3 is 1. The zero-order valence-electron chi connectivity index (χ0n) is 18.4. The van der Waals surface area contributed by atoms with Crippen molar-refractivity contribution in [3.63, 3.8) is 0 Å². The van der Waals surface area contributed by atoms with Crippen LogP contribution < -0.4 is 11.1 Å². The number of hydrogen-bond donors (Lipinski definition) is 2. The van der Waals surface area contributed by atoms with Crippen LogP contribution in [-0.2, 0) is 30.2 Å². The Labute approximate surface area is 200 Å². The minimum Gasteiger partial charge on any atom is -0.460 e. The summed E-state index contributed by atoms with van der Waals surface area (Å²) in [6.07, 6.45) is 0.822. The van der Waals surface area contributed by atoms with Crippen molar-refractivity contribution in [2.45, 2.75) is 13.3 Å². The summed E-state index contributed by atoms with van der Waals surface area (Å²) in [7, 11) is 1.46. The number of nitrogens with one attached hydrogen (secondary N) is 1. The van der Waals surface area contributed by atoms with Crippen molar-refractivity contribution in [1.29, 1.82) is 0 Å². The number of primary amides is 1. The molecule has 0 aliphatic carbocycles. The van der Waals surface area contributed by atoms with E-state index >= 15 is 0 Å². The molecule has 0 bridgehead atoms. The summed E-state index contributed by atoms with van der Waals surface area (Å²) in [6, 6.07) is 9.89. The number of carbonyl (C=O) groups excluding carboxylic acids is 4. The quantitative estimate of drug-likeness (QED) is 0.320. The Hall–Kier alpha value is -2.89. The first kappa shape index (κ1) is 26.4. The van der Waals surface area contributed by atoms with E-state index in [2.05, 4.69) is 5.32 Å². The second-order valence-corrected chi connectivity index (χ2v) is 8.88. The summed E-state index contributed by atoms with van der Waals surface area (Å²) in [5.74, 6) is -1.78. The van der Waals surface area contributed by atoms with Gasteiger partial charge in [-0.05, 0) is 30.2 Å². The normalized spacial score (nSPS) is 10.5. The van der Waals surface area contributed by atoms with E-state index in [4.69, 9.17) is 19.9 Å². The largest absolute Gasteiger partial charge is 0.460 e. The molecule has 0 saturated carbocycles. The highest BCUT2D eigenvalue weighted by Gasteiger charge is 2.26. The SMILES string of the molecule is COCCOC(=O)c1c(NC(=O)COC(=O)CSCCc2ccccc2)sc(C(N)=O)c1C. The number of aryl methyl sites for hydroxylation is 1. The highest BCUT2D eigenvalue weighted by Crippen LogP contribution is 2.33. The van der Waals surface area contributed by atoms with Crippen LogP contribution in [0, 0.1) is 6.92 Å². The van der Waals surface area contributed by atoms with E-state index < -0.39 is 30.4 Å². The van der Waals surface area contributed by atoms with Gasteiger partial charge in [-0.1, -0.05) is 30.3 Å². The fraction of sp³-hybridized carbons (Fsp3) is 0.364. The molecule has 0 aliphatic heterocycles. The molecule has 9 nitrogen and oxygen atoms in total. The zero-order chi connectivity index (χ0) is 24.2. The van der Waals surface area contributed by atoms with Crippen LogP contribution in [0.25, 0.3) is 0 Å². The van der Waals surface area contributed by atoms with Crippen molar-refractivity contribution in [2.75, 3.05) is 43.8 Å². The molecule has 0 saturated heterocycles.